The van der Waals surface area contributed by atoms with Gasteiger partial charge in [-0.05, 0) is 31.4 Å². The second kappa shape index (κ2) is 9.88. The second-order valence-corrected chi connectivity index (χ2v) is 8.49. The lowest BCUT2D eigenvalue weighted by atomic mass is 10.0. The van der Waals surface area contributed by atoms with Gasteiger partial charge in [0.1, 0.15) is 25.3 Å². The zero-order valence-corrected chi connectivity index (χ0v) is 18.4. The Morgan fingerprint density at radius 1 is 1.12 bits per heavy atom. The van der Waals surface area contributed by atoms with Crippen LogP contribution in [0.1, 0.15) is 33.6 Å². The average Bonchev–Trinajstić information content (AvgIpc) is 3.14. The maximum Gasteiger partial charge on any atom is 0.325 e. The van der Waals surface area contributed by atoms with Gasteiger partial charge in [0.25, 0.3) is 0 Å². The standard InChI is InChI=1S/C22H29N3O7/c1-12(2)8-16(21(28)23-13(3)22(29)30)24-20(27)14-9-19(26)25(11-14)15-4-5-17-18(10-15)32-7-6-31-17/h4-5,10,12-14,16H,6-9,11H2,1-3H3,(H,23,28)(H,24,27)(H,29,30)/t13-,14+,16-/m0/s1. The lowest BCUT2D eigenvalue weighted by Crippen LogP contribution is -2.52. The fourth-order valence-electron chi connectivity index (χ4n) is 3.70. The van der Waals surface area contributed by atoms with Crippen molar-refractivity contribution >= 4 is 29.4 Å². The van der Waals surface area contributed by atoms with Crippen LogP contribution in [0.2, 0.25) is 0 Å². The molecule has 0 radical (unpaired) electrons. The average molecular weight is 447 g/mol. The SMILES string of the molecule is CC(C)C[C@H](NC(=O)[C@@H]1CC(=O)N(c2ccc3c(c2)OCCO3)C1)C(=O)N[C@@H](C)C(=O)O. The van der Waals surface area contributed by atoms with Crippen LogP contribution in [0, 0.1) is 11.8 Å². The summed E-state index contributed by atoms with van der Waals surface area (Å²) in [4.78, 5) is 50.6. The van der Waals surface area contributed by atoms with Crippen LogP contribution in [-0.4, -0.2) is 60.6 Å². The van der Waals surface area contributed by atoms with Gasteiger partial charge >= 0.3 is 5.97 Å². The Bertz CT molecular complexity index is 902. The number of hydrogen-bond donors (Lipinski definition) is 3. The molecule has 1 saturated heterocycles. The molecule has 3 amide bonds. The van der Waals surface area contributed by atoms with E-state index in [2.05, 4.69) is 10.6 Å². The Morgan fingerprint density at radius 3 is 2.47 bits per heavy atom. The van der Waals surface area contributed by atoms with Gasteiger partial charge in [0.05, 0.1) is 5.92 Å². The van der Waals surface area contributed by atoms with Crippen molar-refractivity contribution < 1.29 is 33.8 Å². The van der Waals surface area contributed by atoms with Gasteiger partial charge in [-0.2, -0.15) is 0 Å². The predicted octanol–water partition coefficient (Wildman–Crippen LogP) is 0.931. The van der Waals surface area contributed by atoms with Crippen molar-refractivity contribution in [1.82, 2.24) is 10.6 Å². The highest BCUT2D eigenvalue weighted by atomic mass is 16.6. The Kier molecular flexibility index (Phi) is 7.22. The van der Waals surface area contributed by atoms with E-state index in [0.717, 1.165) is 0 Å². The van der Waals surface area contributed by atoms with E-state index in [4.69, 9.17) is 14.6 Å². The number of fused-ring (bicyclic) bond motifs is 1. The summed E-state index contributed by atoms with van der Waals surface area (Å²) in [5, 5.41) is 14.1. The third-order valence-corrected chi connectivity index (χ3v) is 5.40. The number of hydrogen-bond acceptors (Lipinski definition) is 6. The summed E-state index contributed by atoms with van der Waals surface area (Å²) >= 11 is 0. The van der Waals surface area contributed by atoms with Gasteiger partial charge < -0.3 is 30.1 Å². The van der Waals surface area contributed by atoms with Crippen molar-refractivity contribution in [3.8, 4) is 11.5 Å². The van der Waals surface area contributed by atoms with Gasteiger partial charge in [0.2, 0.25) is 17.7 Å². The van der Waals surface area contributed by atoms with Gasteiger partial charge in [0.15, 0.2) is 11.5 Å². The third kappa shape index (κ3) is 5.49. The monoisotopic (exact) mass is 447 g/mol. The van der Waals surface area contributed by atoms with Crippen LogP contribution in [0.25, 0.3) is 0 Å². The Morgan fingerprint density at radius 2 is 1.81 bits per heavy atom. The van der Waals surface area contributed by atoms with Crippen LogP contribution in [0.3, 0.4) is 0 Å². The number of carboxylic acid groups (broad SMARTS) is 1. The highest BCUT2D eigenvalue weighted by Gasteiger charge is 2.37. The first-order valence-electron chi connectivity index (χ1n) is 10.7. The van der Waals surface area contributed by atoms with E-state index < -0.39 is 35.8 Å². The Labute approximate surface area is 186 Å². The number of carboxylic acids is 1. The maximum atomic E-state index is 12.9. The number of ether oxygens (including phenoxy) is 2. The topological polar surface area (TPSA) is 134 Å². The first kappa shape index (κ1) is 23.4. The number of anilines is 1. The lowest BCUT2D eigenvalue weighted by Gasteiger charge is -2.23. The molecule has 0 spiro atoms. The van der Waals surface area contributed by atoms with Crippen molar-refractivity contribution in [3.63, 3.8) is 0 Å². The molecule has 1 aromatic carbocycles. The molecule has 3 atom stereocenters. The molecule has 32 heavy (non-hydrogen) atoms. The molecule has 10 heteroatoms. The second-order valence-electron chi connectivity index (χ2n) is 8.49. The molecule has 2 aliphatic heterocycles. The maximum absolute atomic E-state index is 12.9. The van der Waals surface area contributed by atoms with E-state index in [0.29, 0.717) is 36.8 Å². The number of rotatable bonds is 8. The van der Waals surface area contributed by atoms with Crippen molar-refractivity contribution in [2.24, 2.45) is 11.8 Å². The molecule has 3 rings (SSSR count). The summed E-state index contributed by atoms with van der Waals surface area (Å²) in [6.45, 7) is 6.22. The molecule has 1 aromatic rings. The van der Waals surface area contributed by atoms with Gasteiger partial charge in [-0.15, -0.1) is 0 Å². The summed E-state index contributed by atoms with van der Waals surface area (Å²) in [6.07, 6.45) is 0.359. The van der Waals surface area contributed by atoms with Crippen LogP contribution in [0.15, 0.2) is 18.2 Å². The van der Waals surface area contributed by atoms with Gasteiger partial charge in [-0.25, -0.2) is 0 Å². The van der Waals surface area contributed by atoms with Crippen LogP contribution in [-0.2, 0) is 19.2 Å². The first-order valence-corrected chi connectivity index (χ1v) is 10.7. The van der Waals surface area contributed by atoms with Crippen LogP contribution >= 0.6 is 0 Å². The molecule has 2 heterocycles. The summed E-state index contributed by atoms with van der Waals surface area (Å²) in [6, 6.07) is 3.23. The highest BCUT2D eigenvalue weighted by Crippen LogP contribution is 2.36. The van der Waals surface area contributed by atoms with Crippen molar-refractivity contribution in [1.29, 1.82) is 0 Å². The van der Waals surface area contributed by atoms with Crippen molar-refractivity contribution in [2.75, 3.05) is 24.7 Å². The van der Waals surface area contributed by atoms with Gasteiger partial charge in [-0.1, -0.05) is 13.8 Å². The molecule has 0 bridgehead atoms. The smallest absolute Gasteiger partial charge is 0.325 e. The normalized spacial score (nSPS) is 19.4. The minimum absolute atomic E-state index is 0.0157. The van der Waals surface area contributed by atoms with Crippen molar-refractivity contribution in [3.05, 3.63) is 18.2 Å². The molecule has 2 aliphatic rings. The number of benzene rings is 1. The number of nitrogens with one attached hydrogen (secondary N) is 2. The molecular formula is C22H29N3O7. The van der Waals surface area contributed by atoms with Crippen LogP contribution in [0.5, 0.6) is 11.5 Å². The highest BCUT2D eigenvalue weighted by molar-refractivity contribution is 6.01. The summed E-state index contributed by atoms with van der Waals surface area (Å²) in [5.74, 6) is -1.72. The largest absolute Gasteiger partial charge is 0.486 e. The minimum atomic E-state index is -1.16. The van der Waals surface area contributed by atoms with E-state index in [-0.39, 0.29) is 24.8 Å². The van der Waals surface area contributed by atoms with E-state index >= 15 is 0 Å². The predicted molar refractivity (Wildman–Crippen MR) is 115 cm³/mol. The summed E-state index contributed by atoms with van der Waals surface area (Å²) < 4.78 is 11.1. The molecule has 0 saturated carbocycles. The molecule has 1 fully saturated rings. The summed E-state index contributed by atoms with van der Waals surface area (Å²) in [5.41, 5.74) is 0.612. The molecule has 0 unspecified atom stereocenters. The zero-order chi connectivity index (χ0) is 23.4. The molecule has 0 aliphatic carbocycles. The quantitative estimate of drug-likeness (QED) is 0.540. The van der Waals surface area contributed by atoms with E-state index in [9.17, 15) is 19.2 Å². The van der Waals surface area contributed by atoms with Crippen LogP contribution < -0.4 is 25.0 Å². The van der Waals surface area contributed by atoms with E-state index in [1.807, 2.05) is 13.8 Å². The number of aliphatic carboxylic acids is 1. The van der Waals surface area contributed by atoms with Crippen molar-refractivity contribution in [2.45, 2.75) is 45.7 Å². The molecule has 174 valence electrons. The number of carbonyl (C=O) groups excluding carboxylic acids is 3. The molecule has 0 aromatic heterocycles. The van der Waals surface area contributed by atoms with E-state index in [1.165, 1.54) is 11.8 Å². The molecule has 10 nitrogen and oxygen atoms in total. The van der Waals surface area contributed by atoms with Gasteiger partial charge in [0, 0.05) is 24.7 Å². The fraction of sp³-hybridized carbons (Fsp3) is 0.545. The van der Waals surface area contributed by atoms with E-state index in [1.54, 1.807) is 18.2 Å². The Hall–Kier alpha value is -3.30. The first-order chi connectivity index (χ1) is 15.2. The van der Waals surface area contributed by atoms with Gasteiger partial charge in [-0.3, -0.25) is 19.2 Å². The zero-order valence-electron chi connectivity index (χ0n) is 18.4. The molecular weight excluding hydrogens is 418 g/mol. The minimum Gasteiger partial charge on any atom is -0.486 e. The fourth-order valence-corrected chi connectivity index (χ4v) is 3.70. The Balaban J connectivity index is 1.66. The number of nitrogens with zero attached hydrogens (tertiary/aromatic N) is 1. The van der Waals surface area contributed by atoms with Crippen LogP contribution in [0.4, 0.5) is 5.69 Å². The third-order valence-electron chi connectivity index (χ3n) is 5.40. The lowest BCUT2D eigenvalue weighted by molar-refractivity contribution is -0.141. The number of amides is 3. The molecule has 3 N–H and O–H groups in total. The number of carbonyl (C=O) groups is 4. The summed E-state index contributed by atoms with van der Waals surface area (Å²) in [7, 11) is 0.